The zero-order chi connectivity index (χ0) is 96.9. The first-order valence-corrected chi connectivity index (χ1v) is 51.7. The molecule has 0 radical (unpaired) electrons. The Bertz CT molecular complexity index is 11000. The summed E-state index contributed by atoms with van der Waals surface area (Å²) in [7, 11) is 0. The number of fused-ring (bicyclic) bond motifs is 36. The summed E-state index contributed by atoms with van der Waals surface area (Å²) >= 11 is 1.89. The Hall–Kier alpha value is -18.5. The maximum atomic E-state index is 6.47. The van der Waals surface area contributed by atoms with E-state index in [0.717, 1.165) is 49.4 Å². The van der Waals surface area contributed by atoms with E-state index in [1.54, 1.807) is 0 Å². The molecule has 31 aromatic rings. The molecule has 0 unspecified atom stereocenters. The number of para-hydroxylation sites is 12. The molecule has 0 amide bonds. The van der Waals surface area contributed by atoms with E-state index < -0.39 is 0 Å². The Labute approximate surface area is 848 Å². The predicted molar refractivity (Wildman–Crippen MR) is 619 cm³/mol. The largest absolute Gasteiger partial charge is 0.456 e. The predicted octanol–water partition coefficient (Wildman–Crippen LogP) is 37.8. The number of nitrogens with zero attached hydrogens (tertiary/aromatic N) is 6. The van der Waals surface area contributed by atoms with Gasteiger partial charge in [0.2, 0.25) is 0 Å². The van der Waals surface area contributed by atoms with Gasteiger partial charge in [0.05, 0.1) is 76.6 Å². The van der Waals surface area contributed by atoms with Crippen LogP contribution in [0.3, 0.4) is 0 Å². The molecule has 0 bridgehead atoms. The van der Waals surface area contributed by atoms with Gasteiger partial charge in [-0.3, -0.25) is 0 Å². The summed E-state index contributed by atoms with van der Waals surface area (Å²) in [6.07, 6.45) is 0. The zero-order valence-electron chi connectivity index (χ0n) is 80.9. The van der Waals surface area contributed by atoms with E-state index in [1.807, 2.05) is 29.5 Å². The normalized spacial score (nSPS) is 13.1. The number of benzene rings is 22. The maximum absolute atomic E-state index is 6.47. The molecule has 0 atom stereocenters. The first-order chi connectivity index (χ1) is 72.5. The quantitative estimate of drug-likeness (QED) is 0.152. The molecule has 2 aliphatic rings. The van der Waals surface area contributed by atoms with Crippen LogP contribution in [0.25, 0.3) is 274 Å². The van der Waals surface area contributed by atoms with Crippen LogP contribution >= 0.6 is 11.3 Å². The summed E-state index contributed by atoms with van der Waals surface area (Å²) in [6.45, 7) is 9.51. The summed E-state index contributed by atoms with van der Waals surface area (Å²) < 4.78 is 30.1. The average Bonchev–Trinajstić information content (AvgIpc) is 1.54. The van der Waals surface area contributed by atoms with Crippen molar-refractivity contribution in [3.8, 4) is 78.6 Å². The van der Waals surface area contributed by atoms with Crippen molar-refractivity contribution >= 4 is 206 Å². The van der Waals surface area contributed by atoms with Gasteiger partial charge < -0.3 is 36.2 Å². The van der Waals surface area contributed by atoms with Crippen molar-refractivity contribution in [1.82, 2.24) is 27.4 Å². The van der Waals surface area contributed by atoms with Crippen LogP contribution < -0.4 is 0 Å². The van der Waals surface area contributed by atoms with Gasteiger partial charge in [-0.2, -0.15) is 0 Å². The second-order valence-corrected chi connectivity index (χ2v) is 41.8. The summed E-state index contributed by atoms with van der Waals surface area (Å²) in [6, 6.07) is 173. The van der Waals surface area contributed by atoms with Crippen molar-refractivity contribution in [1.29, 1.82) is 0 Å². The van der Waals surface area contributed by atoms with Crippen LogP contribution in [0.2, 0.25) is 0 Å². The van der Waals surface area contributed by atoms with E-state index in [1.165, 1.54) is 246 Å². The SMILES string of the molecule is CC1(C)c2cc(-c3ccc4oc5ccccc5c4c3)ccc2-c2ccc(-n3c4ccccc4c4c3ccc3c5ccccc5n(-c5ccccc5)c34)cc21.CC1(C)c2cc(-c3cccc4c3oc3ccccc34)ccc2-c2ccc(-n3c4ccccc4c4c3ccc3c5ccccc5n(-c5ccccc5)c34)cc21.c1ccc(-n2c3ccccc3c3ccc4c(c5ccccc5n4-c4cccc5c4sc4ccccc45)c32)cc1. The molecule has 8 nitrogen and oxygen atoms in total. The van der Waals surface area contributed by atoms with Crippen molar-refractivity contribution in [2.45, 2.75) is 38.5 Å². The molecular formula is C138H90N6O2S. The van der Waals surface area contributed by atoms with Crippen LogP contribution in [0.5, 0.6) is 0 Å². The van der Waals surface area contributed by atoms with Gasteiger partial charge in [-0.05, 0) is 225 Å². The van der Waals surface area contributed by atoms with Gasteiger partial charge in [0.1, 0.15) is 22.3 Å². The standard InChI is InChI=1S/2C51H34N2O.C36H22N2S/c1-51(2)42-29-31(34-18-12-19-40-38-16-8-11-22-47(38)54-50(34)40)23-25-35(42)36-26-24-33(30-43(36)51)52-45-21-10-7-17-41(45)48-46(52)28-27-39-37-15-6-9-20-44(37)53(49(39)48)32-13-4-3-5-14-32;1-51(2)42-29-32(31-21-27-48-41(28-31)38-15-8-11-19-47(38)54-48)20-23-35(42)36-24-22-34(30-43(36)51)52-45-18-10-7-16-40(45)49-46(52)26-25-39-37-14-6-9-17-44(37)53(50(39)49)33-12-4-3-5-13-33;1-2-11-23(12-3-1)37-29-17-7-4-13-24(29)26-21-22-31-34(35(26)37)28-15-5-8-18-30(28)38(31)32-19-10-16-27-25-14-6-9-20-33(25)39-36(27)32/h2*3-30H,1-2H3;1-22H. The highest BCUT2D eigenvalue weighted by molar-refractivity contribution is 7.26. The van der Waals surface area contributed by atoms with Gasteiger partial charge in [0.25, 0.3) is 0 Å². The highest BCUT2D eigenvalue weighted by Gasteiger charge is 2.39. The number of rotatable bonds is 8. The lowest BCUT2D eigenvalue weighted by molar-refractivity contribution is 0.659. The molecule has 0 saturated carbocycles. The fraction of sp³-hybridized carbons (Fsp3) is 0.0435. The van der Waals surface area contributed by atoms with E-state index in [2.05, 4.69) is 510 Å². The second-order valence-electron chi connectivity index (χ2n) is 40.8. The van der Waals surface area contributed by atoms with Gasteiger partial charge in [-0.15, -0.1) is 11.3 Å². The van der Waals surface area contributed by atoms with Crippen LogP contribution in [0.15, 0.2) is 482 Å². The highest BCUT2D eigenvalue weighted by Crippen LogP contribution is 2.56. The third-order valence-corrected chi connectivity index (χ3v) is 33.5. The number of hydrogen-bond donors (Lipinski definition) is 0. The van der Waals surface area contributed by atoms with Crippen LogP contribution in [0.4, 0.5) is 0 Å². The molecule has 0 N–H and O–H groups in total. The minimum Gasteiger partial charge on any atom is -0.456 e. The van der Waals surface area contributed by atoms with Crippen molar-refractivity contribution in [3.05, 3.63) is 495 Å². The first-order valence-electron chi connectivity index (χ1n) is 50.8. The molecule has 33 rings (SSSR count). The molecule has 9 heterocycles. The average molecular weight is 1900 g/mol. The van der Waals surface area contributed by atoms with E-state index >= 15 is 0 Å². The van der Waals surface area contributed by atoms with Crippen molar-refractivity contribution in [2.75, 3.05) is 0 Å². The van der Waals surface area contributed by atoms with Crippen molar-refractivity contribution in [3.63, 3.8) is 0 Å². The van der Waals surface area contributed by atoms with Gasteiger partial charge in [0, 0.05) is 146 Å². The summed E-state index contributed by atoms with van der Waals surface area (Å²) in [5.74, 6) is 0. The van der Waals surface area contributed by atoms with Gasteiger partial charge in [-0.1, -0.05) is 337 Å². The molecule has 0 saturated heterocycles. The minimum atomic E-state index is -0.204. The van der Waals surface area contributed by atoms with E-state index in [9.17, 15) is 0 Å². The van der Waals surface area contributed by atoms with Crippen LogP contribution in [0.1, 0.15) is 49.9 Å². The molecule has 9 aromatic heterocycles. The fourth-order valence-corrected chi connectivity index (χ4v) is 26.9. The van der Waals surface area contributed by atoms with Gasteiger partial charge in [0.15, 0.2) is 0 Å². The number of aromatic nitrogens is 6. The summed E-state index contributed by atoms with van der Waals surface area (Å²) in [5.41, 5.74) is 40.5. The summed E-state index contributed by atoms with van der Waals surface area (Å²) in [5, 5.41) is 22.5. The molecule has 147 heavy (non-hydrogen) atoms. The zero-order valence-corrected chi connectivity index (χ0v) is 81.8. The Balaban J connectivity index is 0.000000101. The van der Waals surface area contributed by atoms with Crippen LogP contribution in [0, 0.1) is 0 Å². The fourth-order valence-electron chi connectivity index (χ4n) is 25.7. The van der Waals surface area contributed by atoms with E-state index in [4.69, 9.17) is 8.83 Å². The topological polar surface area (TPSA) is 55.9 Å². The van der Waals surface area contributed by atoms with Gasteiger partial charge in [-0.25, -0.2) is 0 Å². The number of furan rings is 2. The Morgan fingerprint density at radius 3 is 1.02 bits per heavy atom. The Morgan fingerprint density at radius 2 is 0.531 bits per heavy atom. The molecule has 9 heteroatoms. The number of hydrogen-bond acceptors (Lipinski definition) is 3. The Morgan fingerprint density at radius 1 is 0.190 bits per heavy atom. The lowest BCUT2D eigenvalue weighted by Gasteiger charge is -2.23. The maximum Gasteiger partial charge on any atom is 0.143 e. The number of thiophene rings is 1. The highest BCUT2D eigenvalue weighted by atomic mass is 32.1. The smallest absolute Gasteiger partial charge is 0.143 e. The molecule has 0 fully saturated rings. The van der Waals surface area contributed by atoms with Crippen molar-refractivity contribution in [2.24, 2.45) is 0 Å². The van der Waals surface area contributed by atoms with E-state index in [0.29, 0.717) is 0 Å². The molecule has 690 valence electrons. The first kappa shape index (κ1) is 83.1. The molecule has 0 spiro atoms. The third-order valence-electron chi connectivity index (χ3n) is 32.3. The van der Waals surface area contributed by atoms with E-state index in [-0.39, 0.29) is 10.8 Å². The lowest BCUT2D eigenvalue weighted by atomic mass is 9.81. The summed E-state index contributed by atoms with van der Waals surface area (Å²) in [4.78, 5) is 0. The molecule has 22 aromatic carbocycles. The van der Waals surface area contributed by atoms with Crippen molar-refractivity contribution < 1.29 is 8.83 Å². The monoisotopic (exact) mass is 1890 g/mol. The Kier molecular flexibility index (Phi) is 17.8. The third kappa shape index (κ3) is 12.0. The molecular weight excluding hydrogens is 1810 g/mol. The molecule has 2 aliphatic carbocycles. The van der Waals surface area contributed by atoms with Crippen LogP contribution in [-0.4, -0.2) is 27.4 Å². The van der Waals surface area contributed by atoms with Gasteiger partial charge >= 0.3 is 0 Å². The molecule has 0 aliphatic heterocycles. The van der Waals surface area contributed by atoms with Crippen LogP contribution in [-0.2, 0) is 10.8 Å². The minimum absolute atomic E-state index is 0.186. The second kappa shape index (κ2) is 31.5. The lowest BCUT2D eigenvalue weighted by Crippen LogP contribution is -2.15.